The Hall–Kier alpha value is -8.20. The van der Waals surface area contributed by atoms with Crippen LogP contribution in [0.25, 0.3) is 111 Å². The van der Waals surface area contributed by atoms with Crippen LogP contribution < -0.4 is 0 Å². The lowest BCUT2D eigenvalue weighted by atomic mass is 9.92. The number of hydrogen-bond donors (Lipinski definition) is 0. The van der Waals surface area contributed by atoms with Gasteiger partial charge in [-0.3, -0.25) is 0 Å². The summed E-state index contributed by atoms with van der Waals surface area (Å²) in [5.41, 5.74) is 19.1. The summed E-state index contributed by atoms with van der Waals surface area (Å²) in [6.45, 7) is 0. The van der Waals surface area contributed by atoms with Gasteiger partial charge in [-0.05, 0) is 128 Å². The molecule has 10 aromatic carbocycles. The van der Waals surface area contributed by atoms with E-state index in [1.807, 2.05) is 0 Å². The number of nitrogens with zero attached hydrogens (tertiary/aromatic N) is 2. The lowest BCUT2D eigenvalue weighted by molar-refractivity contribution is 1.18. The first-order valence-electron chi connectivity index (χ1n) is 21.3. The zero-order chi connectivity index (χ0) is 41.0. The van der Waals surface area contributed by atoms with Crippen LogP contribution in [0.15, 0.2) is 243 Å². The largest absolute Gasteiger partial charge is 0.309 e. The van der Waals surface area contributed by atoms with Gasteiger partial charge in [-0.25, -0.2) is 0 Å². The first kappa shape index (κ1) is 35.7. The van der Waals surface area contributed by atoms with Crippen LogP contribution in [0.1, 0.15) is 0 Å². The minimum Gasteiger partial charge on any atom is -0.309 e. The SMILES string of the molecule is c1ccc(-c2cc(-c3ccccc3)cc(-n3c4ccccc4c4cc(-c5ccccc5-c5cccc(-c6ccc7c(c6)c6ccccc6n7-c6ccccc6)c5)ccc43)c2)cc1. The van der Waals surface area contributed by atoms with Gasteiger partial charge in [-0.1, -0.05) is 170 Å². The Morgan fingerprint density at radius 1 is 0.194 bits per heavy atom. The van der Waals surface area contributed by atoms with Crippen molar-refractivity contribution in [3.8, 4) is 67.0 Å². The highest BCUT2D eigenvalue weighted by Gasteiger charge is 2.18. The monoisotopic (exact) mass is 788 g/mol. The molecule has 0 atom stereocenters. The smallest absolute Gasteiger partial charge is 0.0541 e. The van der Waals surface area contributed by atoms with E-state index < -0.39 is 0 Å². The molecule has 0 radical (unpaired) electrons. The van der Waals surface area contributed by atoms with E-state index >= 15 is 0 Å². The van der Waals surface area contributed by atoms with E-state index in [9.17, 15) is 0 Å². The highest BCUT2D eigenvalue weighted by atomic mass is 15.0. The van der Waals surface area contributed by atoms with Crippen LogP contribution in [0.2, 0.25) is 0 Å². The molecule has 12 aromatic rings. The summed E-state index contributed by atoms with van der Waals surface area (Å²) in [4.78, 5) is 0. The molecule has 2 aromatic heterocycles. The molecular weight excluding hydrogens is 749 g/mol. The van der Waals surface area contributed by atoms with Gasteiger partial charge in [-0.2, -0.15) is 0 Å². The molecule has 62 heavy (non-hydrogen) atoms. The number of aromatic nitrogens is 2. The Morgan fingerprint density at radius 3 is 1.18 bits per heavy atom. The molecule has 12 rings (SSSR count). The maximum absolute atomic E-state index is 2.44. The van der Waals surface area contributed by atoms with Gasteiger partial charge in [-0.15, -0.1) is 0 Å². The van der Waals surface area contributed by atoms with E-state index in [1.165, 1.54) is 105 Å². The highest BCUT2D eigenvalue weighted by Crippen LogP contribution is 2.41. The molecule has 0 N–H and O–H groups in total. The molecule has 2 nitrogen and oxygen atoms in total. The number of benzene rings is 10. The van der Waals surface area contributed by atoms with Crippen LogP contribution in [-0.4, -0.2) is 9.13 Å². The van der Waals surface area contributed by atoms with E-state index in [4.69, 9.17) is 0 Å². The minimum absolute atomic E-state index is 1.14. The normalized spacial score (nSPS) is 11.5. The standard InChI is InChI=1S/C60H40N2/c1-4-17-41(18-5-1)47-36-48(42-19-6-2-7-20-42)38-50(37-47)62-58-30-15-13-28-54(58)56-40-46(32-34-60(56)62)52-26-11-10-25-51(52)45-22-16-21-43(35-45)44-31-33-59-55(39-44)53-27-12-14-29-57(53)61(59)49-23-8-3-9-24-49/h1-40H. The van der Waals surface area contributed by atoms with E-state index in [0.717, 1.165) is 5.69 Å². The summed E-state index contributed by atoms with van der Waals surface area (Å²) in [6, 6.07) is 88.4. The molecule has 0 saturated carbocycles. The summed E-state index contributed by atoms with van der Waals surface area (Å²) >= 11 is 0. The van der Waals surface area contributed by atoms with Crippen molar-refractivity contribution in [2.24, 2.45) is 0 Å². The van der Waals surface area contributed by atoms with Crippen LogP contribution in [0.4, 0.5) is 0 Å². The summed E-state index contributed by atoms with van der Waals surface area (Å²) < 4.78 is 4.82. The first-order chi connectivity index (χ1) is 30.7. The Kier molecular flexibility index (Phi) is 8.53. The fourth-order valence-electron chi connectivity index (χ4n) is 9.61. The van der Waals surface area contributed by atoms with E-state index in [-0.39, 0.29) is 0 Å². The van der Waals surface area contributed by atoms with Gasteiger partial charge in [0.25, 0.3) is 0 Å². The van der Waals surface area contributed by atoms with Crippen molar-refractivity contribution in [1.82, 2.24) is 9.13 Å². The zero-order valence-electron chi connectivity index (χ0n) is 34.0. The molecule has 0 bridgehead atoms. The fourth-order valence-corrected chi connectivity index (χ4v) is 9.61. The fraction of sp³-hybridized carbons (Fsp3) is 0. The van der Waals surface area contributed by atoms with E-state index in [0.29, 0.717) is 0 Å². The average Bonchev–Trinajstić information content (AvgIpc) is 3.87. The van der Waals surface area contributed by atoms with Crippen LogP contribution in [0, 0.1) is 0 Å². The van der Waals surface area contributed by atoms with Gasteiger partial charge in [0.15, 0.2) is 0 Å². The summed E-state index contributed by atoms with van der Waals surface area (Å²) in [6.07, 6.45) is 0. The van der Waals surface area contributed by atoms with Crippen molar-refractivity contribution in [2.75, 3.05) is 0 Å². The molecule has 0 spiro atoms. The van der Waals surface area contributed by atoms with Crippen molar-refractivity contribution in [1.29, 1.82) is 0 Å². The molecule has 2 heteroatoms. The molecule has 0 amide bonds. The second kappa shape index (κ2) is 14.8. The molecule has 0 aliphatic carbocycles. The van der Waals surface area contributed by atoms with Crippen molar-refractivity contribution in [3.63, 3.8) is 0 Å². The van der Waals surface area contributed by atoms with Gasteiger partial charge < -0.3 is 9.13 Å². The van der Waals surface area contributed by atoms with E-state index in [2.05, 4.69) is 252 Å². The molecule has 290 valence electrons. The molecule has 2 heterocycles. The van der Waals surface area contributed by atoms with Gasteiger partial charge in [0.05, 0.1) is 22.1 Å². The Labute approximate surface area is 360 Å². The topological polar surface area (TPSA) is 9.86 Å². The number of hydrogen-bond acceptors (Lipinski definition) is 0. The molecule has 0 aliphatic heterocycles. The third kappa shape index (κ3) is 6.04. The zero-order valence-corrected chi connectivity index (χ0v) is 34.0. The van der Waals surface area contributed by atoms with Crippen LogP contribution in [0.3, 0.4) is 0 Å². The summed E-state index contributed by atoms with van der Waals surface area (Å²) in [5.74, 6) is 0. The highest BCUT2D eigenvalue weighted by molar-refractivity contribution is 6.12. The lowest BCUT2D eigenvalue weighted by Gasteiger charge is -2.15. The maximum atomic E-state index is 2.44. The van der Waals surface area contributed by atoms with Gasteiger partial charge >= 0.3 is 0 Å². The third-order valence-electron chi connectivity index (χ3n) is 12.5. The van der Waals surface area contributed by atoms with Gasteiger partial charge in [0, 0.05) is 32.9 Å². The number of fused-ring (bicyclic) bond motifs is 6. The van der Waals surface area contributed by atoms with Crippen molar-refractivity contribution in [2.45, 2.75) is 0 Å². The van der Waals surface area contributed by atoms with Gasteiger partial charge in [0.1, 0.15) is 0 Å². The molecule has 0 fully saturated rings. The predicted molar refractivity (Wildman–Crippen MR) is 262 cm³/mol. The van der Waals surface area contributed by atoms with Crippen molar-refractivity contribution >= 4 is 43.6 Å². The summed E-state index contributed by atoms with van der Waals surface area (Å²) in [7, 11) is 0. The van der Waals surface area contributed by atoms with Crippen LogP contribution in [-0.2, 0) is 0 Å². The van der Waals surface area contributed by atoms with Gasteiger partial charge in [0.2, 0.25) is 0 Å². The molecule has 0 aliphatic rings. The quantitative estimate of drug-likeness (QED) is 0.152. The Morgan fingerprint density at radius 2 is 0.581 bits per heavy atom. The van der Waals surface area contributed by atoms with Crippen molar-refractivity contribution < 1.29 is 0 Å². The van der Waals surface area contributed by atoms with E-state index in [1.54, 1.807) is 0 Å². The Balaban J connectivity index is 0.972. The molecule has 0 saturated heterocycles. The lowest BCUT2D eigenvalue weighted by Crippen LogP contribution is -1.96. The number of para-hydroxylation sites is 3. The van der Waals surface area contributed by atoms with Crippen LogP contribution >= 0.6 is 0 Å². The minimum atomic E-state index is 1.14. The summed E-state index contributed by atoms with van der Waals surface area (Å²) in [5, 5.41) is 4.98. The second-order valence-corrected chi connectivity index (χ2v) is 16.1. The van der Waals surface area contributed by atoms with Crippen LogP contribution in [0.5, 0.6) is 0 Å². The first-order valence-corrected chi connectivity index (χ1v) is 21.3. The average molecular weight is 789 g/mol. The third-order valence-corrected chi connectivity index (χ3v) is 12.5. The second-order valence-electron chi connectivity index (χ2n) is 16.1. The predicted octanol–water partition coefficient (Wildman–Crippen LogP) is 16.2. The number of rotatable bonds is 7. The molecular formula is C60H40N2. The maximum Gasteiger partial charge on any atom is 0.0541 e. The Bertz CT molecular complexity index is 3550. The van der Waals surface area contributed by atoms with Crippen molar-refractivity contribution in [3.05, 3.63) is 243 Å². The molecule has 0 unspecified atom stereocenters.